The number of aryl methyl sites for hydroxylation is 1. The van der Waals surface area contributed by atoms with E-state index in [0.29, 0.717) is 61.4 Å². The third kappa shape index (κ3) is 3.81. The summed E-state index contributed by atoms with van der Waals surface area (Å²) in [6.07, 6.45) is -1.65. The van der Waals surface area contributed by atoms with Gasteiger partial charge in [0.1, 0.15) is 28.8 Å². The third-order valence-electron chi connectivity index (χ3n) is 6.45. The number of fused-ring (bicyclic) bond motifs is 1. The van der Waals surface area contributed by atoms with Gasteiger partial charge in [-0.15, -0.1) is 0 Å². The number of hydrogen-bond donors (Lipinski definition) is 2. The van der Waals surface area contributed by atoms with E-state index >= 15 is 0 Å². The second kappa shape index (κ2) is 7.72. The monoisotopic (exact) mass is 464 g/mol. The quantitative estimate of drug-likeness (QED) is 0.713. The van der Waals surface area contributed by atoms with E-state index in [4.69, 9.17) is 9.47 Å². The van der Waals surface area contributed by atoms with Gasteiger partial charge in [0.2, 0.25) is 5.95 Å². The number of ether oxygens (including phenoxy) is 2. The van der Waals surface area contributed by atoms with E-state index in [1.807, 2.05) is 18.9 Å². The van der Waals surface area contributed by atoms with Crippen LogP contribution in [0.25, 0.3) is 0 Å². The van der Waals surface area contributed by atoms with Crippen LogP contribution in [0.1, 0.15) is 30.7 Å². The molecule has 0 radical (unpaired) electrons. The van der Waals surface area contributed by atoms with Gasteiger partial charge in [0.15, 0.2) is 5.82 Å². The van der Waals surface area contributed by atoms with Crippen LogP contribution in [0.4, 0.5) is 30.6 Å². The minimum absolute atomic E-state index is 0.0575. The first-order valence-electron chi connectivity index (χ1n) is 10.6. The number of nitrogens with one attached hydrogen (secondary N) is 2. The second-order valence-corrected chi connectivity index (χ2v) is 8.61. The van der Waals surface area contributed by atoms with Gasteiger partial charge in [-0.05, 0) is 19.1 Å². The Morgan fingerprint density at radius 1 is 1.30 bits per heavy atom. The van der Waals surface area contributed by atoms with Crippen molar-refractivity contribution < 1.29 is 27.4 Å². The number of nitrogens with zero attached hydrogens (tertiary/aromatic N) is 4. The minimum atomic E-state index is -4.47. The van der Waals surface area contributed by atoms with Crippen molar-refractivity contribution in [3.63, 3.8) is 0 Å². The summed E-state index contributed by atoms with van der Waals surface area (Å²) in [7, 11) is 1.84. The van der Waals surface area contributed by atoms with Crippen molar-refractivity contribution in [3.8, 4) is 5.75 Å². The van der Waals surface area contributed by atoms with Gasteiger partial charge in [0, 0.05) is 39.0 Å². The summed E-state index contributed by atoms with van der Waals surface area (Å²) >= 11 is 0. The molecule has 1 atom stereocenters. The lowest BCUT2D eigenvalue weighted by Gasteiger charge is -2.42. The normalized spacial score (nSPS) is 26.6. The molecule has 176 valence electrons. The number of halogens is 3. The Morgan fingerprint density at radius 2 is 2.09 bits per heavy atom. The smallest absolute Gasteiger partial charge is 0.433 e. The maximum Gasteiger partial charge on any atom is 0.433 e. The number of likely N-dealkylation sites (N-methyl/N-ethyl adjacent to an activating group) is 1. The van der Waals surface area contributed by atoms with Crippen molar-refractivity contribution in [3.05, 3.63) is 29.7 Å². The lowest BCUT2D eigenvalue weighted by Crippen LogP contribution is -2.59. The Morgan fingerprint density at radius 3 is 2.73 bits per heavy atom. The maximum atomic E-state index is 12.7. The van der Waals surface area contributed by atoms with Gasteiger partial charge in [-0.2, -0.15) is 18.2 Å². The van der Waals surface area contributed by atoms with Gasteiger partial charge < -0.3 is 25.0 Å². The first-order valence-corrected chi connectivity index (χ1v) is 10.6. The van der Waals surface area contributed by atoms with Gasteiger partial charge in [0.25, 0.3) is 5.91 Å². The highest BCUT2D eigenvalue weighted by molar-refractivity contribution is 6.06. The molecule has 33 heavy (non-hydrogen) atoms. The lowest BCUT2D eigenvalue weighted by molar-refractivity contribution is -0.141. The number of hydrogen-bond acceptors (Lipinski definition) is 8. The number of amides is 1. The summed E-state index contributed by atoms with van der Waals surface area (Å²) in [6, 6.07) is 2.24. The maximum absolute atomic E-state index is 12.7. The Kier molecular flexibility index (Phi) is 5.07. The fourth-order valence-electron chi connectivity index (χ4n) is 4.37. The molecule has 2 N–H and O–H groups in total. The van der Waals surface area contributed by atoms with Crippen LogP contribution < -0.4 is 20.3 Å². The molecule has 5 rings (SSSR count). The zero-order valence-electron chi connectivity index (χ0n) is 18.1. The predicted molar refractivity (Wildman–Crippen MR) is 112 cm³/mol. The van der Waals surface area contributed by atoms with E-state index in [9.17, 15) is 18.0 Å². The van der Waals surface area contributed by atoms with E-state index in [1.54, 1.807) is 0 Å². The van der Waals surface area contributed by atoms with Crippen LogP contribution in [-0.2, 0) is 15.7 Å². The van der Waals surface area contributed by atoms with Crippen molar-refractivity contribution in [2.45, 2.75) is 50.0 Å². The summed E-state index contributed by atoms with van der Waals surface area (Å²) < 4.78 is 49.1. The van der Waals surface area contributed by atoms with Gasteiger partial charge in [-0.25, -0.2) is 9.97 Å². The predicted octanol–water partition coefficient (Wildman–Crippen LogP) is 2.77. The first kappa shape index (κ1) is 21.7. The molecule has 4 heterocycles. The van der Waals surface area contributed by atoms with Crippen LogP contribution in [0, 0.1) is 6.92 Å². The highest BCUT2D eigenvalue weighted by atomic mass is 19.4. The molecule has 2 aliphatic heterocycles. The number of aromatic nitrogens is 3. The second-order valence-electron chi connectivity index (χ2n) is 8.61. The SMILES string of the molecule is Cc1nc(NC2CC(Oc3ccc(C(F)(F)F)nc3)C2)nc2c1NC(=O)C1(CCOC1)N2C. The van der Waals surface area contributed by atoms with E-state index in [2.05, 4.69) is 25.6 Å². The van der Waals surface area contributed by atoms with Crippen LogP contribution in [-0.4, -0.2) is 58.8 Å². The Balaban J connectivity index is 1.23. The minimum Gasteiger partial charge on any atom is -0.489 e. The summed E-state index contributed by atoms with van der Waals surface area (Å²) in [5, 5.41) is 6.23. The molecule has 0 bridgehead atoms. The molecular weight excluding hydrogens is 441 g/mol. The number of rotatable bonds is 4. The van der Waals surface area contributed by atoms with Crippen molar-refractivity contribution in [2.75, 3.05) is 35.8 Å². The molecule has 1 amide bonds. The number of anilines is 3. The Hall–Kier alpha value is -3.15. The average Bonchev–Trinajstić information content (AvgIpc) is 3.23. The Bertz CT molecular complexity index is 1070. The van der Waals surface area contributed by atoms with Gasteiger partial charge in [-0.3, -0.25) is 4.79 Å². The number of pyridine rings is 1. The Labute approximate surface area is 187 Å². The third-order valence-corrected chi connectivity index (χ3v) is 6.45. The van der Waals surface area contributed by atoms with Gasteiger partial charge >= 0.3 is 6.18 Å². The summed E-state index contributed by atoms with van der Waals surface area (Å²) in [4.78, 5) is 27.2. The molecule has 1 aliphatic carbocycles. The van der Waals surface area contributed by atoms with Crippen LogP contribution in [0.3, 0.4) is 0 Å². The molecule has 1 unspecified atom stereocenters. The van der Waals surface area contributed by atoms with Crippen LogP contribution in [0.2, 0.25) is 0 Å². The highest BCUT2D eigenvalue weighted by Gasteiger charge is 2.50. The van der Waals surface area contributed by atoms with Crippen LogP contribution in [0.5, 0.6) is 5.75 Å². The first-order chi connectivity index (χ1) is 15.7. The average molecular weight is 464 g/mol. The summed E-state index contributed by atoms with van der Waals surface area (Å²) in [6.45, 7) is 2.63. The van der Waals surface area contributed by atoms with Crippen molar-refractivity contribution >= 4 is 23.4 Å². The largest absolute Gasteiger partial charge is 0.489 e. The van der Waals surface area contributed by atoms with E-state index < -0.39 is 17.4 Å². The number of carbonyl (C=O) groups excluding carboxylic acids is 1. The molecule has 2 aromatic rings. The highest BCUT2D eigenvalue weighted by Crippen LogP contribution is 2.40. The van der Waals surface area contributed by atoms with Crippen molar-refractivity contribution in [1.82, 2.24) is 15.0 Å². The molecular formula is C21H23F3N6O3. The number of carbonyl (C=O) groups is 1. The van der Waals surface area contributed by atoms with E-state index in [1.165, 1.54) is 6.07 Å². The molecule has 12 heteroatoms. The molecule has 1 saturated heterocycles. The lowest BCUT2D eigenvalue weighted by atomic mass is 9.89. The fraction of sp³-hybridized carbons (Fsp3) is 0.524. The molecule has 0 aromatic carbocycles. The topological polar surface area (TPSA) is 102 Å². The summed E-state index contributed by atoms with van der Waals surface area (Å²) in [5.74, 6) is 1.27. The summed E-state index contributed by atoms with van der Waals surface area (Å²) in [5.41, 5.74) is -0.472. The van der Waals surface area contributed by atoms with Crippen molar-refractivity contribution in [2.24, 2.45) is 0 Å². The van der Waals surface area contributed by atoms with Crippen molar-refractivity contribution in [1.29, 1.82) is 0 Å². The molecule has 1 saturated carbocycles. The fourth-order valence-corrected chi connectivity index (χ4v) is 4.37. The number of alkyl halides is 3. The van der Waals surface area contributed by atoms with Gasteiger partial charge in [0.05, 0.1) is 18.5 Å². The standard InChI is InChI=1S/C21H23F3N6O3/c1-11-16-17(30(2)20(18(31)28-16)5-6-32-10-20)29-19(26-11)27-12-7-14(8-12)33-13-3-4-15(25-9-13)21(22,23)24/h3-4,9,12,14H,5-8,10H2,1-2H3,(H,28,31)(H,26,27,29). The zero-order chi connectivity index (χ0) is 23.4. The molecule has 1 spiro atoms. The van der Waals surface area contributed by atoms with E-state index in [-0.39, 0.29) is 18.1 Å². The van der Waals surface area contributed by atoms with Crippen LogP contribution in [0.15, 0.2) is 18.3 Å². The van der Waals surface area contributed by atoms with Gasteiger partial charge in [-0.1, -0.05) is 0 Å². The molecule has 9 nitrogen and oxygen atoms in total. The molecule has 2 aromatic heterocycles. The molecule has 3 aliphatic rings. The zero-order valence-corrected chi connectivity index (χ0v) is 18.1. The van der Waals surface area contributed by atoms with Crippen LogP contribution >= 0.6 is 0 Å². The molecule has 2 fully saturated rings. The van der Waals surface area contributed by atoms with E-state index in [0.717, 1.165) is 12.3 Å².